The van der Waals surface area contributed by atoms with E-state index >= 15 is 0 Å². The Morgan fingerprint density at radius 3 is 2.48 bits per heavy atom. The SMILES string of the molecule is COc1ccc(CNC(=O)C=Cc2cc(C)ccc2OC)cc1. The Bertz CT molecular complexity index is 690. The summed E-state index contributed by atoms with van der Waals surface area (Å²) in [5, 5.41) is 2.85. The van der Waals surface area contributed by atoms with Crippen LogP contribution >= 0.6 is 0 Å². The highest BCUT2D eigenvalue weighted by Crippen LogP contribution is 2.20. The molecule has 0 aliphatic rings. The van der Waals surface area contributed by atoms with E-state index in [0.29, 0.717) is 6.54 Å². The van der Waals surface area contributed by atoms with Crippen molar-refractivity contribution >= 4 is 12.0 Å². The summed E-state index contributed by atoms with van der Waals surface area (Å²) in [6.07, 6.45) is 3.27. The van der Waals surface area contributed by atoms with E-state index in [0.717, 1.165) is 28.2 Å². The van der Waals surface area contributed by atoms with Gasteiger partial charge in [0.1, 0.15) is 11.5 Å². The van der Waals surface area contributed by atoms with E-state index in [1.54, 1.807) is 20.3 Å². The van der Waals surface area contributed by atoms with Crippen molar-refractivity contribution in [2.24, 2.45) is 0 Å². The van der Waals surface area contributed by atoms with Gasteiger partial charge in [-0.1, -0.05) is 23.8 Å². The third kappa shape index (κ3) is 4.88. The first-order valence-electron chi connectivity index (χ1n) is 7.36. The topological polar surface area (TPSA) is 47.6 Å². The molecule has 23 heavy (non-hydrogen) atoms. The molecule has 0 bridgehead atoms. The second kappa shape index (κ2) is 8.03. The molecular formula is C19H21NO3. The Morgan fingerprint density at radius 1 is 1.09 bits per heavy atom. The first kappa shape index (κ1) is 16.6. The highest BCUT2D eigenvalue weighted by atomic mass is 16.5. The molecule has 0 unspecified atom stereocenters. The standard InChI is InChI=1S/C19H21NO3/c1-14-4-10-18(23-3)16(12-14)7-11-19(21)20-13-15-5-8-17(22-2)9-6-15/h4-12H,13H2,1-3H3,(H,20,21). The van der Waals surface area contributed by atoms with Crippen molar-refractivity contribution in [3.8, 4) is 11.5 Å². The van der Waals surface area contributed by atoms with E-state index in [4.69, 9.17) is 9.47 Å². The molecule has 0 spiro atoms. The Balaban J connectivity index is 1.95. The molecule has 1 N–H and O–H groups in total. The van der Waals surface area contributed by atoms with Gasteiger partial charge >= 0.3 is 0 Å². The predicted molar refractivity (Wildman–Crippen MR) is 91.6 cm³/mol. The lowest BCUT2D eigenvalue weighted by Crippen LogP contribution is -2.20. The summed E-state index contributed by atoms with van der Waals surface area (Å²) < 4.78 is 10.4. The van der Waals surface area contributed by atoms with Crippen molar-refractivity contribution in [1.29, 1.82) is 0 Å². The van der Waals surface area contributed by atoms with Crippen LogP contribution < -0.4 is 14.8 Å². The lowest BCUT2D eigenvalue weighted by molar-refractivity contribution is -0.116. The van der Waals surface area contributed by atoms with Crippen LogP contribution in [0.5, 0.6) is 11.5 Å². The van der Waals surface area contributed by atoms with Crippen LogP contribution in [0, 0.1) is 6.92 Å². The number of ether oxygens (including phenoxy) is 2. The molecule has 0 fully saturated rings. The van der Waals surface area contributed by atoms with Gasteiger partial charge in [0, 0.05) is 18.2 Å². The van der Waals surface area contributed by atoms with Crippen molar-refractivity contribution in [3.05, 3.63) is 65.2 Å². The molecule has 0 atom stereocenters. The zero-order valence-electron chi connectivity index (χ0n) is 13.6. The van der Waals surface area contributed by atoms with Crippen molar-refractivity contribution in [1.82, 2.24) is 5.32 Å². The third-order valence-electron chi connectivity index (χ3n) is 3.43. The summed E-state index contributed by atoms with van der Waals surface area (Å²) in [5.41, 5.74) is 3.01. The Kier molecular flexibility index (Phi) is 5.80. The number of methoxy groups -OCH3 is 2. The van der Waals surface area contributed by atoms with E-state index in [1.807, 2.05) is 49.4 Å². The number of rotatable bonds is 6. The molecule has 0 saturated heterocycles. The highest BCUT2D eigenvalue weighted by molar-refractivity contribution is 5.92. The normalized spacial score (nSPS) is 10.6. The Hall–Kier alpha value is -2.75. The fraction of sp³-hybridized carbons (Fsp3) is 0.211. The summed E-state index contributed by atoms with van der Waals surface area (Å²) in [4.78, 5) is 11.9. The van der Waals surface area contributed by atoms with Gasteiger partial charge in [0.2, 0.25) is 5.91 Å². The predicted octanol–water partition coefficient (Wildman–Crippen LogP) is 3.34. The van der Waals surface area contributed by atoms with Gasteiger partial charge in [-0.05, 0) is 42.8 Å². The van der Waals surface area contributed by atoms with Crippen LogP contribution in [0.3, 0.4) is 0 Å². The average molecular weight is 311 g/mol. The van der Waals surface area contributed by atoms with Crippen LogP contribution in [0.2, 0.25) is 0 Å². The van der Waals surface area contributed by atoms with Gasteiger partial charge < -0.3 is 14.8 Å². The van der Waals surface area contributed by atoms with E-state index in [9.17, 15) is 4.79 Å². The van der Waals surface area contributed by atoms with Crippen molar-refractivity contribution in [2.75, 3.05) is 14.2 Å². The molecule has 2 rings (SSSR count). The maximum atomic E-state index is 11.9. The summed E-state index contributed by atoms with van der Waals surface area (Å²) in [7, 11) is 3.24. The molecule has 2 aromatic rings. The Morgan fingerprint density at radius 2 is 1.83 bits per heavy atom. The van der Waals surface area contributed by atoms with Gasteiger partial charge in [-0.25, -0.2) is 0 Å². The lowest BCUT2D eigenvalue weighted by Gasteiger charge is -2.06. The maximum Gasteiger partial charge on any atom is 0.244 e. The van der Waals surface area contributed by atoms with Crippen LogP contribution in [-0.2, 0) is 11.3 Å². The third-order valence-corrected chi connectivity index (χ3v) is 3.43. The molecule has 0 aliphatic heterocycles. The fourth-order valence-electron chi connectivity index (χ4n) is 2.14. The zero-order chi connectivity index (χ0) is 16.7. The number of hydrogen-bond donors (Lipinski definition) is 1. The number of hydrogen-bond acceptors (Lipinski definition) is 3. The number of aryl methyl sites for hydroxylation is 1. The van der Waals surface area contributed by atoms with E-state index < -0.39 is 0 Å². The zero-order valence-corrected chi connectivity index (χ0v) is 13.6. The average Bonchev–Trinajstić information content (AvgIpc) is 2.58. The molecule has 2 aromatic carbocycles. The lowest BCUT2D eigenvalue weighted by atomic mass is 10.1. The van der Waals surface area contributed by atoms with Crippen LogP contribution in [0.25, 0.3) is 6.08 Å². The second-order valence-corrected chi connectivity index (χ2v) is 5.14. The molecule has 0 aromatic heterocycles. The molecule has 0 saturated carbocycles. The molecule has 0 radical (unpaired) electrons. The minimum Gasteiger partial charge on any atom is -0.497 e. The van der Waals surface area contributed by atoms with E-state index in [-0.39, 0.29) is 5.91 Å². The van der Waals surface area contributed by atoms with Gasteiger partial charge in [0.25, 0.3) is 0 Å². The van der Waals surface area contributed by atoms with Crippen LogP contribution in [0.15, 0.2) is 48.5 Å². The first-order valence-corrected chi connectivity index (χ1v) is 7.36. The quantitative estimate of drug-likeness (QED) is 0.832. The number of carbonyl (C=O) groups is 1. The summed E-state index contributed by atoms with van der Waals surface area (Å²) in [6, 6.07) is 13.4. The Labute approximate surface area is 136 Å². The molecule has 1 amide bonds. The summed E-state index contributed by atoms with van der Waals surface area (Å²) in [6.45, 7) is 2.47. The van der Waals surface area contributed by atoms with Crippen molar-refractivity contribution < 1.29 is 14.3 Å². The monoisotopic (exact) mass is 311 g/mol. The molecule has 120 valence electrons. The molecule has 4 nitrogen and oxygen atoms in total. The van der Waals surface area contributed by atoms with Gasteiger partial charge in [0.05, 0.1) is 14.2 Å². The van der Waals surface area contributed by atoms with E-state index in [1.165, 1.54) is 6.08 Å². The summed E-state index contributed by atoms with van der Waals surface area (Å²) in [5.74, 6) is 1.39. The van der Waals surface area contributed by atoms with Crippen molar-refractivity contribution in [3.63, 3.8) is 0 Å². The molecule has 0 heterocycles. The maximum absolute atomic E-state index is 11.9. The van der Waals surface area contributed by atoms with Crippen LogP contribution in [0.1, 0.15) is 16.7 Å². The number of benzene rings is 2. The number of nitrogens with one attached hydrogen (secondary N) is 1. The van der Waals surface area contributed by atoms with Gasteiger partial charge in [-0.15, -0.1) is 0 Å². The van der Waals surface area contributed by atoms with Crippen LogP contribution in [0.4, 0.5) is 0 Å². The van der Waals surface area contributed by atoms with Gasteiger partial charge in [-0.3, -0.25) is 4.79 Å². The summed E-state index contributed by atoms with van der Waals surface area (Å²) >= 11 is 0. The first-order chi connectivity index (χ1) is 11.1. The highest BCUT2D eigenvalue weighted by Gasteiger charge is 2.01. The molecule has 0 aliphatic carbocycles. The number of amides is 1. The molecule has 4 heteroatoms. The number of carbonyl (C=O) groups excluding carboxylic acids is 1. The minimum absolute atomic E-state index is 0.149. The van der Waals surface area contributed by atoms with Gasteiger partial charge in [0.15, 0.2) is 0 Å². The second-order valence-electron chi connectivity index (χ2n) is 5.14. The van der Waals surface area contributed by atoms with Crippen molar-refractivity contribution in [2.45, 2.75) is 13.5 Å². The van der Waals surface area contributed by atoms with Crippen LogP contribution in [-0.4, -0.2) is 20.1 Å². The van der Waals surface area contributed by atoms with Gasteiger partial charge in [-0.2, -0.15) is 0 Å². The fourth-order valence-corrected chi connectivity index (χ4v) is 2.14. The smallest absolute Gasteiger partial charge is 0.244 e. The minimum atomic E-state index is -0.149. The largest absolute Gasteiger partial charge is 0.497 e. The molecular weight excluding hydrogens is 290 g/mol. The van der Waals surface area contributed by atoms with E-state index in [2.05, 4.69) is 5.32 Å².